The first-order chi connectivity index (χ1) is 15.2. The van der Waals surface area contributed by atoms with E-state index in [9.17, 15) is 9.59 Å². The molecule has 0 fully saturated rings. The van der Waals surface area contributed by atoms with Crippen LogP contribution in [0.15, 0.2) is 53.3 Å². The molecule has 0 unspecified atom stereocenters. The first kappa shape index (κ1) is 19.9. The van der Waals surface area contributed by atoms with Gasteiger partial charge in [-0.3, -0.25) is 9.59 Å². The number of carbonyl (C=O) groups is 1. The number of rotatable bonds is 6. The maximum Gasteiger partial charge on any atom is 0.239 e. The summed E-state index contributed by atoms with van der Waals surface area (Å²) in [5, 5.41) is 5.52. The molecule has 0 saturated carbocycles. The van der Waals surface area contributed by atoms with Crippen LogP contribution in [0.2, 0.25) is 0 Å². The SMILES string of the molecule is O=C(Cn1c2ccccc2c(=O)c2ccccc21)NCCCc1nc2c(s1)CCCC2. The van der Waals surface area contributed by atoms with Crippen molar-refractivity contribution >= 4 is 39.0 Å². The number of aryl methyl sites for hydroxylation is 3. The number of benzene rings is 2. The van der Waals surface area contributed by atoms with Crippen LogP contribution in [0.25, 0.3) is 21.8 Å². The van der Waals surface area contributed by atoms with Gasteiger partial charge in [0.15, 0.2) is 5.43 Å². The smallest absolute Gasteiger partial charge is 0.239 e. The molecule has 0 aliphatic heterocycles. The predicted octanol–water partition coefficient (Wildman–Crippen LogP) is 4.24. The van der Waals surface area contributed by atoms with Crippen LogP contribution in [0.3, 0.4) is 0 Å². The zero-order valence-corrected chi connectivity index (χ0v) is 18.2. The third kappa shape index (κ3) is 4.00. The Morgan fingerprint density at radius 1 is 1.00 bits per heavy atom. The molecule has 0 bridgehead atoms. The molecule has 158 valence electrons. The van der Waals surface area contributed by atoms with Crippen molar-refractivity contribution in [2.24, 2.45) is 0 Å². The van der Waals surface area contributed by atoms with Gasteiger partial charge in [0.25, 0.3) is 0 Å². The van der Waals surface area contributed by atoms with Crippen LogP contribution in [0, 0.1) is 0 Å². The van der Waals surface area contributed by atoms with Gasteiger partial charge in [-0.05, 0) is 56.4 Å². The van der Waals surface area contributed by atoms with Crippen LogP contribution in [0.4, 0.5) is 0 Å². The molecule has 31 heavy (non-hydrogen) atoms. The van der Waals surface area contributed by atoms with E-state index in [1.54, 1.807) is 0 Å². The Kier molecular flexibility index (Phi) is 5.55. The zero-order valence-electron chi connectivity index (χ0n) is 17.4. The van der Waals surface area contributed by atoms with Crippen LogP contribution >= 0.6 is 11.3 Å². The number of hydrogen-bond donors (Lipinski definition) is 1. The van der Waals surface area contributed by atoms with Crippen molar-refractivity contribution in [2.45, 2.75) is 45.1 Å². The molecule has 2 aromatic carbocycles. The van der Waals surface area contributed by atoms with Crippen LogP contribution in [0.1, 0.15) is 34.8 Å². The molecule has 0 atom stereocenters. The minimum absolute atomic E-state index is 0.00834. The van der Waals surface area contributed by atoms with Crippen LogP contribution in [-0.4, -0.2) is 22.0 Å². The van der Waals surface area contributed by atoms with Crippen molar-refractivity contribution < 1.29 is 4.79 Å². The van der Waals surface area contributed by atoms with Gasteiger partial charge in [-0.2, -0.15) is 0 Å². The number of nitrogens with zero attached hydrogens (tertiary/aromatic N) is 2. The van der Waals surface area contributed by atoms with E-state index in [0.717, 1.165) is 30.3 Å². The molecule has 0 spiro atoms. The number of hydrogen-bond acceptors (Lipinski definition) is 4. The summed E-state index contributed by atoms with van der Waals surface area (Å²) in [6.45, 7) is 0.812. The van der Waals surface area contributed by atoms with E-state index in [0.29, 0.717) is 17.3 Å². The first-order valence-electron chi connectivity index (χ1n) is 10.9. The molecule has 6 heteroatoms. The summed E-state index contributed by atoms with van der Waals surface area (Å²) in [5.74, 6) is -0.0441. The molecular weight excluding hydrogens is 406 g/mol. The molecule has 5 rings (SSSR count). The predicted molar refractivity (Wildman–Crippen MR) is 126 cm³/mol. The van der Waals surface area contributed by atoms with Crippen molar-refractivity contribution in [3.8, 4) is 0 Å². The minimum atomic E-state index is -0.0441. The maximum atomic E-state index is 12.8. The van der Waals surface area contributed by atoms with Crippen molar-refractivity contribution in [2.75, 3.05) is 6.54 Å². The maximum absolute atomic E-state index is 12.8. The molecule has 1 aliphatic carbocycles. The topological polar surface area (TPSA) is 64.0 Å². The van der Waals surface area contributed by atoms with Gasteiger partial charge in [0.2, 0.25) is 5.91 Å². The van der Waals surface area contributed by atoms with Gasteiger partial charge in [0.05, 0.1) is 21.7 Å². The Labute approximate surface area is 184 Å². The summed E-state index contributed by atoms with van der Waals surface area (Å²) >= 11 is 1.84. The average Bonchev–Trinajstić information content (AvgIpc) is 3.22. The lowest BCUT2D eigenvalue weighted by molar-refractivity contribution is -0.121. The largest absolute Gasteiger partial charge is 0.355 e. The number of carbonyl (C=O) groups excluding carboxylic acids is 1. The number of thiazole rings is 1. The van der Waals surface area contributed by atoms with E-state index in [1.165, 1.54) is 34.8 Å². The van der Waals surface area contributed by atoms with Crippen molar-refractivity contribution in [1.29, 1.82) is 0 Å². The normalized spacial score (nSPS) is 13.4. The van der Waals surface area contributed by atoms with Crippen molar-refractivity contribution in [3.63, 3.8) is 0 Å². The Bertz CT molecular complexity index is 1240. The zero-order chi connectivity index (χ0) is 21.2. The summed E-state index contributed by atoms with van der Waals surface area (Å²) in [5.41, 5.74) is 2.88. The molecule has 2 aromatic heterocycles. The molecule has 1 N–H and O–H groups in total. The lowest BCUT2D eigenvalue weighted by Crippen LogP contribution is -2.29. The van der Waals surface area contributed by atoms with E-state index in [-0.39, 0.29) is 17.9 Å². The second kappa shape index (κ2) is 8.63. The van der Waals surface area contributed by atoms with E-state index >= 15 is 0 Å². The number of amides is 1. The Hall–Kier alpha value is -2.99. The van der Waals surface area contributed by atoms with Crippen molar-refractivity contribution in [3.05, 3.63) is 74.3 Å². The minimum Gasteiger partial charge on any atom is -0.355 e. The summed E-state index contributed by atoms with van der Waals surface area (Å²) in [6, 6.07) is 15.0. The van der Waals surface area contributed by atoms with Crippen LogP contribution in [-0.2, 0) is 30.6 Å². The number of fused-ring (bicyclic) bond motifs is 3. The van der Waals surface area contributed by atoms with Gasteiger partial charge in [0.1, 0.15) is 6.54 Å². The third-order valence-corrected chi connectivity index (χ3v) is 7.18. The van der Waals surface area contributed by atoms with Gasteiger partial charge < -0.3 is 9.88 Å². The highest BCUT2D eigenvalue weighted by molar-refractivity contribution is 7.11. The summed E-state index contributed by atoms with van der Waals surface area (Å²) in [4.78, 5) is 31.8. The van der Waals surface area contributed by atoms with Gasteiger partial charge >= 0.3 is 0 Å². The second-order valence-electron chi connectivity index (χ2n) is 8.09. The summed E-state index contributed by atoms with van der Waals surface area (Å²) in [7, 11) is 0. The van der Waals surface area contributed by atoms with Crippen LogP contribution in [0.5, 0.6) is 0 Å². The number of aromatic nitrogens is 2. The highest BCUT2D eigenvalue weighted by Crippen LogP contribution is 2.27. The molecular formula is C25H25N3O2S. The van der Waals surface area contributed by atoms with E-state index in [4.69, 9.17) is 4.98 Å². The fraction of sp³-hybridized carbons (Fsp3) is 0.320. The monoisotopic (exact) mass is 431 g/mol. The van der Waals surface area contributed by atoms with Gasteiger partial charge in [-0.1, -0.05) is 24.3 Å². The number of nitrogens with one attached hydrogen (secondary N) is 1. The Balaban J connectivity index is 1.27. The average molecular weight is 432 g/mol. The summed E-state index contributed by atoms with van der Waals surface area (Å²) in [6.07, 6.45) is 6.60. The van der Waals surface area contributed by atoms with E-state index in [1.807, 2.05) is 64.4 Å². The highest BCUT2D eigenvalue weighted by atomic mass is 32.1. The Morgan fingerprint density at radius 2 is 1.68 bits per heavy atom. The summed E-state index contributed by atoms with van der Waals surface area (Å²) < 4.78 is 1.94. The highest BCUT2D eigenvalue weighted by Gasteiger charge is 2.15. The van der Waals surface area contributed by atoms with Crippen molar-refractivity contribution in [1.82, 2.24) is 14.9 Å². The van der Waals surface area contributed by atoms with Gasteiger partial charge in [-0.15, -0.1) is 11.3 Å². The molecule has 0 radical (unpaired) electrons. The molecule has 4 aromatic rings. The first-order valence-corrected chi connectivity index (χ1v) is 11.8. The molecule has 1 amide bonds. The second-order valence-corrected chi connectivity index (χ2v) is 9.26. The van der Waals surface area contributed by atoms with Gasteiger partial charge in [-0.25, -0.2) is 4.98 Å². The fourth-order valence-electron chi connectivity index (χ4n) is 4.43. The Morgan fingerprint density at radius 3 is 2.39 bits per heavy atom. The van der Waals surface area contributed by atoms with E-state index < -0.39 is 0 Å². The number of para-hydroxylation sites is 2. The lowest BCUT2D eigenvalue weighted by atomic mass is 10.0. The molecule has 1 aliphatic rings. The third-order valence-electron chi connectivity index (χ3n) is 5.96. The molecule has 0 saturated heterocycles. The number of pyridine rings is 1. The molecule has 5 nitrogen and oxygen atoms in total. The standard InChI is InChI=1S/C25H25N3O2S/c29-23(26-15-7-14-24-27-19-10-3-6-13-22(19)31-24)16-28-20-11-4-1-8-17(20)25(30)18-9-2-5-12-21(18)28/h1-2,4-5,8-9,11-12H,3,6-7,10,13-16H2,(H,26,29). The van der Waals surface area contributed by atoms with Gasteiger partial charge in [0, 0.05) is 28.6 Å². The lowest BCUT2D eigenvalue weighted by Gasteiger charge is -2.15. The van der Waals surface area contributed by atoms with E-state index in [2.05, 4.69) is 5.32 Å². The molecule has 2 heterocycles. The fourth-order valence-corrected chi connectivity index (χ4v) is 5.63. The van der Waals surface area contributed by atoms with Crippen LogP contribution < -0.4 is 10.7 Å². The quantitative estimate of drug-likeness (QED) is 0.367.